The number of methoxy groups -OCH3 is 1. The van der Waals surface area contributed by atoms with Gasteiger partial charge in [-0.2, -0.15) is 0 Å². The maximum Gasteiger partial charge on any atom is 0.413 e. The van der Waals surface area contributed by atoms with E-state index in [9.17, 15) is 38.4 Å². The molecule has 22 nitrogen and oxygen atoms in total. The molecule has 14 atom stereocenters. The molecule has 5 amide bonds. The molecule has 0 heterocycles. The molecule has 12 aromatic carbocycles. The van der Waals surface area contributed by atoms with Gasteiger partial charge in [0.15, 0.2) is 5.56 Å². The summed E-state index contributed by atoms with van der Waals surface area (Å²) in [4.78, 5) is 110. The monoisotopic (exact) mass is 1990 g/mol. The van der Waals surface area contributed by atoms with Gasteiger partial charge in [-0.15, -0.1) is 0 Å². The number of fused-ring (bicyclic) bond motifs is 4. The van der Waals surface area contributed by atoms with E-state index in [1.165, 1.54) is 58.5 Å². The maximum atomic E-state index is 13.6. The Kier molecular flexibility index (Phi) is 46.7. The smallest absolute Gasteiger partial charge is 0.413 e. The lowest BCUT2D eigenvalue weighted by Gasteiger charge is -2.31. The number of rotatable bonds is 43. The zero-order chi connectivity index (χ0) is 105. The van der Waals surface area contributed by atoms with E-state index >= 15 is 0 Å². The maximum absolute atomic E-state index is 13.6. The SMILES string of the molecule is CCC(C)C(C)C(=O)OC(C)OC(=O)N(CCCc1cccc(C)c1)[C@H](C)c1cccc2ccccc12.CCC(C)C(N)C(=O)OC(C)OC(=O)N(CCCc1cccc(C)c1)[C@H](C)c1cccc2ccccc12.CCC(C)C(NC(=O)COC)C(=O)OC(C)OC(=O)N(CCCc1cccc(C)c1)[C@H](C)c1cccc2ccccc12.Cc1cccc(CCCN(C(=O)OC(C)Cl)[C@H](C)c2cccc3ccccc23)c1. The second-order valence-corrected chi connectivity index (χ2v) is 38.8. The summed E-state index contributed by atoms with van der Waals surface area (Å²) in [5.74, 6) is -2.28. The second-order valence-electron chi connectivity index (χ2n) is 38.2. The number of carbonyl (C=O) groups is 8. The van der Waals surface area contributed by atoms with Crippen LogP contribution in [0.3, 0.4) is 0 Å². The number of esters is 3. The van der Waals surface area contributed by atoms with Crippen molar-refractivity contribution in [2.24, 2.45) is 29.4 Å². The van der Waals surface area contributed by atoms with E-state index in [1.807, 2.05) is 172 Å². The van der Waals surface area contributed by atoms with Gasteiger partial charge in [0.1, 0.15) is 18.7 Å². The third kappa shape index (κ3) is 35.4. The summed E-state index contributed by atoms with van der Waals surface area (Å²) in [6, 6.07) is 88.3. The van der Waals surface area contributed by atoms with E-state index < -0.39 is 72.6 Å². The zero-order valence-corrected chi connectivity index (χ0v) is 89.3. The Morgan fingerprint density at radius 3 is 0.855 bits per heavy atom. The molecule has 0 radical (unpaired) electrons. The summed E-state index contributed by atoms with van der Waals surface area (Å²) in [7, 11) is 1.41. The van der Waals surface area contributed by atoms with Gasteiger partial charge < -0.3 is 68.5 Å². The first-order chi connectivity index (χ1) is 69.5. The normalized spacial score (nSPS) is 14.0. The first-order valence-electron chi connectivity index (χ1n) is 51.3. The minimum absolute atomic E-state index is 0.0279. The highest BCUT2D eigenvalue weighted by atomic mass is 35.5. The predicted octanol–water partition coefficient (Wildman–Crippen LogP) is 27.6. The molecular formula is C122H153ClN6O16. The predicted molar refractivity (Wildman–Crippen MR) is 581 cm³/mol. The van der Waals surface area contributed by atoms with Crippen molar-refractivity contribution in [3.8, 4) is 0 Å². The van der Waals surface area contributed by atoms with Gasteiger partial charge in [0.2, 0.25) is 24.8 Å². The third-order valence-electron chi connectivity index (χ3n) is 27.1. The number of hydrogen-bond acceptors (Lipinski definition) is 17. The van der Waals surface area contributed by atoms with Crippen LogP contribution >= 0.6 is 11.6 Å². The highest BCUT2D eigenvalue weighted by Crippen LogP contribution is 2.36. The van der Waals surface area contributed by atoms with Gasteiger partial charge in [0.05, 0.1) is 30.1 Å². The molecule has 0 bridgehead atoms. The molecule has 0 saturated heterocycles. The van der Waals surface area contributed by atoms with Crippen molar-refractivity contribution in [2.75, 3.05) is 39.9 Å². The number of halogens is 1. The molecule has 774 valence electrons. The Labute approximate surface area is 864 Å². The van der Waals surface area contributed by atoms with Crippen molar-refractivity contribution in [2.45, 2.75) is 263 Å². The molecule has 3 N–H and O–H groups in total. The summed E-state index contributed by atoms with van der Waals surface area (Å²) in [6.07, 6.45) is 3.65. The van der Waals surface area contributed by atoms with Crippen molar-refractivity contribution < 1.29 is 76.3 Å². The third-order valence-corrected chi connectivity index (χ3v) is 27.1. The fourth-order valence-corrected chi connectivity index (χ4v) is 18.0. The Hall–Kier alpha value is -13.2. The molecule has 10 unspecified atom stereocenters. The molecule has 0 aliphatic carbocycles. The van der Waals surface area contributed by atoms with Gasteiger partial charge in [-0.25, -0.2) is 24.0 Å². The zero-order valence-electron chi connectivity index (χ0n) is 88.6. The van der Waals surface area contributed by atoms with Crippen LogP contribution in [0.4, 0.5) is 19.2 Å². The molecule has 23 heteroatoms. The van der Waals surface area contributed by atoms with Crippen molar-refractivity contribution in [3.63, 3.8) is 0 Å². The molecule has 0 aromatic heterocycles. The molecule has 145 heavy (non-hydrogen) atoms. The van der Waals surface area contributed by atoms with Crippen molar-refractivity contribution in [1.29, 1.82) is 0 Å². The number of hydrogen-bond donors (Lipinski definition) is 2. The number of nitrogens with two attached hydrogens (primary N) is 1. The summed E-state index contributed by atoms with van der Waals surface area (Å²) in [6.45, 7) is 38.1. The van der Waals surface area contributed by atoms with Crippen LogP contribution in [0.2, 0.25) is 0 Å². The minimum Gasteiger partial charge on any atom is -0.430 e. The Bertz CT molecular complexity index is 5960. The number of benzene rings is 12. The number of ether oxygens (including phenoxy) is 8. The van der Waals surface area contributed by atoms with Gasteiger partial charge in [-0.05, 0) is 219 Å². The van der Waals surface area contributed by atoms with Crippen LogP contribution in [0.1, 0.15) is 240 Å². The molecule has 0 fully saturated rings. The average Bonchev–Trinajstić information content (AvgIpc) is 0.811. The molecule has 12 rings (SSSR count). The van der Waals surface area contributed by atoms with Crippen LogP contribution in [-0.2, 0) is 82.8 Å². The van der Waals surface area contributed by atoms with E-state index in [-0.39, 0.29) is 66.5 Å². The number of nitrogens with one attached hydrogen (secondary N) is 1. The highest BCUT2D eigenvalue weighted by Gasteiger charge is 2.35. The van der Waals surface area contributed by atoms with Crippen molar-refractivity contribution >= 4 is 103 Å². The molecular weight excluding hydrogens is 1840 g/mol. The van der Waals surface area contributed by atoms with E-state index in [0.717, 1.165) is 130 Å². The van der Waals surface area contributed by atoms with Gasteiger partial charge in [-0.1, -0.05) is 369 Å². The summed E-state index contributed by atoms with van der Waals surface area (Å²) in [5, 5.41) is 11.6. The lowest BCUT2D eigenvalue weighted by Crippen LogP contribution is -2.48. The number of alkyl halides is 1. The van der Waals surface area contributed by atoms with Gasteiger partial charge >= 0.3 is 42.3 Å². The van der Waals surface area contributed by atoms with Crippen LogP contribution in [0.5, 0.6) is 0 Å². The lowest BCUT2D eigenvalue weighted by molar-refractivity contribution is -0.173. The van der Waals surface area contributed by atoms with Crippen LogP contribution in [0.25, 0.3) is 43.1 Å². The number of carbonyl (C=O) groups excluding carboxylic acids is 8. The molecule has 12 aromatic rings. The Balaban J connectivity index is 0.000000217. The number of nitrogens with zero attached hydrogens (tertiary/aromatic N) is 4. The van der Waals surface area contributed by atoms with Crippen LogP contribution < -0.4 is 11.1 Å². The van der Waals surface area contributed by atoms with Crippen LogP contribution in [0, 0.1) is 51.4 Å². The molecule has 0 aliphatic heterocycles. The van der Waals surface area contributed by atoms with Gasteiger partial charge in [-0.3, -0.25) is 14.4 Å². The van der Waals surface area contributed by atoms with Gasteiger partial charge in [0.25, 0.3) is 0 Å². The Morgan fingerprint density at radius 2 is 0.579 bits per heavy atom. The summed E-state index contributed by atoms with van der Waals surface area (Å²) < 4.78 is 43.5. The molecule has 0 aliphatic rings. The van der Waals surface area contributed by atoms with Crippen LogP contribution in [0.15, 0.2) is 267 Å². The Morgan fingerprint density at radius 1 is 0.317 bits per heavy atom. The van der Waals surface area contributed by atoms with E-state index in [1.54, 1.807) is 40.4 Å². The fourth-order valence-electron chi connectivity index (χ4n) is 17.9. The van der Waals surface area contributed by atoms with E-state index in [0.29, 0.717) is 32.6 Å². The summed E-state index contributed by atoms with van der Waals surface area (Å²) >= 11 is 5.94. The largest absolute Gasteiger partial charge is 0.430 e. The van der Waals surface area contributed by atoms with Gasteiger partial charge in [0, 0.05) is 54.1 Å². The number of aryl methyl sites for hydroxylation is 8. The fraction of sp³-hybridized carbons (Fsp3) is 0.410. The van der Waals surface area contributed by atoms with E-state index in [4.69, 9.17) is 55.2 Å². The standard InChI is InChI=1S/C34H44N2O6.C32H41NO4.C31H40N2O4.C25H28ClNO2/c1-7-24(3)32(35-31(37)22-40-6)33(38)41-26(5)42-34(39)36(20-12-15-27-14-10-13-23(2)21-27)25(4)29-19-11-17-28-16-8-9-18-30(28)29;1-7-23(3)24(4)31(34)36-26(6)37-32(35)33(20-12-15-27-14-10-13-22(2)21-27)25(5)29-19-11-17-28-16-8-9-18-30(28)29;1-6-22(3)29(32)30(34)36-24(5)37-31(35)33(19-11-14-25-13-9-12-21(2)20-25)23(4)27-18-10-16-26-15-7-8-17-28(26)27;1-18-9-6-10-21(17-18)11-8-16-27(25(28)29-20(3)26)19(2)23-15-7-13-22-12-4-5-14-24(22)23/h8-11,13-14,16-19,21,24-26,32H,7,12,15,20,22H2,1-6H3,(H,35,37);8-11,13-14,16-19,21,23-26H,7,12,15,20H2,1-6H3;7-10,12-13,15-18,20,22-24,29H,6,11,14,19,32H2,1-5H3;4-7,9-10,12-15,17,19-20H,8,11,16H2,1-3H3/t24?,25-,26?,32?;23?,24?,25-,26?;22?,23-,24?,29?;19-,20?/m1111/s1. The van der Waals surface area contributed by atoms with Crippen molar-refractivity contribution in [3.05, 3.63) is 334 Å². The second kappa shape index (κ2) is 58.7. The first-order valence-corrected chi connectivity index (χ1v) is 51.8. The molecule has 0 saturated carbocycles. The topological polar surface area (TPSA) is 261 Å². The highest BCUT2D eigenvalue weighted by molar-refractivity contribution is 6.20. The van der Waals surface area contributed by atoms with Crippen molar-refractivity contribution in [1.82, 2.24) is 24.9 Å². The average molecular weight is 2000 g/mol. The molecule has 0 spiro atoms. The lowest BCUT2D eigenvalue weighted by atomic mass is 9.94. The minimum atomic E-state index is -1.16. The van der Waals surface area contributed by atoms with Crippen LogP contribution in [-0.4, -0.2) is 144 Å². The number of amides is 5. The first kappa shape index (κ1) is 115. The summed E-state index contributed by atoms with van der Waals surface area (Å²) in [5.41, 5.74) is 19.4. The van der Waals surface area contributed by atoms with E-state index in [2.05, 4.69) is 204 Å². The quantitative estimate of drug-likeness (QED) is 0.0156.